The summed E-state index contributed by atoms with van der Waals surface area (Å²) in [4.78, 5) is 24.2. The van der Waals surface area contributed by atoms with Crippen LogP contribution in [0.15, 0.2) is 18.4 Å². The standard InChI is InChI=1S/C20H30N5O8P/c1-5-28-18-16-17(23-20(21)24-18)25(11-22-16)12-31-15-9-32-34(27,33-10-15)14(4)30-8-7-13(3)19(26)29-6-2/h11,13,15H,4-10,12H2,1-3H3,(H2,21,23,24)/t13-,15?,34?/m0/s1. The van der Waals surface area contributed by atoms with Crippen LogP contribution < -0.4 is 10.5 Å². The van der Waals surface area contributed by atoms with Gasteiger partial charge in [0.2, 0.25) is 17.3 Å². The van der Waals surface area contributed by atoms with Crippen LogP contribution in [0.3, 0.4) is 0 Å². The Morgan fingerprint density at radius 3 is 2.71 bits per heavy atom. The molecule has 188 valence electrons. The van der Waals surface area contributed by atoms with Gasteiger partial charge in [-0.05, 0) is 26.8 Å². The summed E-state index contributed by atoms with van der Waals surface area (Å²) in [5, 5.41) is 0. The quantitative estimate of drug-likeness (QED) is 0.259. The molecule has 1 fully saturated rings. The Bertz CT molecular complexity index is 1050. The lowest BCUT2D eigenvalue weighted by Crippen LogP contribution is -2.30. The average molecular weight is 499 g/mol. The summed E-state index contributed by atoms with van der Waals surface area (Å²) in [5.41, 5.74) is 6.57. The summed E-state index contributed by atoms with van der Waals surface area (Å²) in [6.07, 6.45) is 1.41. The summed E-state index contributed by atoms with van der Waals surface area (Å²) in [5.74, 6) is -0.325. The van der Waals surface area contributed by atoms with Crippen molar-refractivity contribution in [3.63, 3.8) is 0 Å². The van der Waals surface area contributed by atoms with Gasteiger partial charge in [-0.1, -0.05) is 6.92 Å². The molecule has 1 saturated heterocycles. The Morgan fingerprint density at radius 1 is 1.29 bits per heavy atom. The molecule has 0 aromatic carbocycles. The minimum absolute atomic E-state index is 0.00678. The molecule has 0 aliphatic carbocycles. The number of nitrogens with two attached hydrogens (primary N) is 1. The third-order valence-electron chi connectivity index (χ3n) is 4.85. The fourth-order valence-electron chi connectivity index (χ4n) is 2.98. The van der Waals surface area contributed by atoms with Gasteiger partial charge in [-0.25, -0.2) is 4.98 Å². The number of carbonyl (C=O) groups is 1. The normalized spacial score (nSPS) is 21.2. The summed E-state index contributed by atoms with van der Waals surface area (Å²) >= 11 is 0. The average Bonchev–Trinajstić information content (AvgIpc) is 3.21. The van der Waals surface area contributed by atoms with Gasteiger partial charge in [0.1, 0.15) is 12.8 Å². The molecule has 0 unspecified atom stereocenters. The van der Waals surface area contributed by atoms with Crippen molar-refractivity contribution in [3.8, 4) is 5.88 Å². The van der Waals surface area contributed by atoms with Gasteiger partial charge in [0, 0.05) is 0 Å². The molecule has 0 spiro atoms. The third-order valence-corrected chi connectivity index (χ3v) is 6.57. The van der Waals surface area contributed by atoms with Crippen LogP contribution in [0.4, 0.5) is 5.95 Å². The van der Waals surface area contributed by atoms with E-state index in [9.17, 15) is 9.36 Å². The second-order valence-electron chi connectivity index (χ2n) is 7.40. The van der Waals surface area contributed by atoms with Gasteiger partial charge in [0.05, 0.1) is 45.3 Å². The van der Waals surface area contributed by atoms with E-state index in [1.54, 1.807) is 18.4 Å². The van der Waals surface area contributed by atoms with Crippen molar-refractivity contribution in [1.29, 1.82) is 0 Å². The van der Waals surface area contributed by atoms with E-state index in [-0.39, 0.29) is 49.9 Å². The molecular formula is C20H30N5O8P. The summed E-state index contributed by atoms with van der Waals surface area (Å²) in [7, 11) is -3.67. The van der Waals surface area contributed by atoms with Crippen molar-refractivity contribution in [2.45, 2.75) is 40.0 Å². The van der Waals surface area contributed by atoms with Gasteiger partial charge >= 0.3 is 13.6 Å². The van der Waals surface area contributed by atoms with E-state index in [0.717, 1.165) is 0 Å². The molecule has 2 aromatic heterocycles. The van der Waals surface area contributed by atoms with E-state index in [0.29, 0.717) is 36.7 Å². The zero-order valence-electron chi connectivity index (χ0n) is 19.5. The third kappa shape index (κ3) is 6.23. The maximum atomic E-state index is 12.9. The second-order valence-corrected chi connectivity index (χ2v) is 9.41. The predicted octanol–water partition coefficient (Wildman–Crippen LogP) is 2.47. The van der Waals surface area contributed by atoms with Gasteiger partial charge in [-0.15, -0.1) is 0 Å². The number of rotatable bonds is 12. The molecule has 2 aromatic rings. The number of imidazole rings is 1. The molecule has 13 nitrogen and oxygen atoms in total. The lowest BCUT2D eigenvalue weighted by Gasteiger charge is -2.29. The van der Waals surface area contributed by atoms with Crippen LogP contribution in [0.25, 0.3) is 11.2 Å². The molecule has 3 heterocycles. The number of hydrogen-bond donors (Lipinski definition) is 1. The fourth-order valence-corrected chi connectivity index (χ4v) is 4.31. The molecule has 34 heavy (non-hydrogen) atoms. The van der Waals surface area contributed by atoms with Gasteiger partial charge < -0.3 is 33.7 Å². The highest BCUT2D eigenvalue weighted by molar-refractivity contribution is 7.58. The zero-order valence-corrected chi connectivity index (χ0v) is 20.4. The maximum absolute atomic E-state index is 12.9. The summed E-state index contributed by atoms with van der Waals surface area (Å²) in [6.45, 7) is 9.88. The number of ether oxygens (including phenoxy) is 4. The largest absolute Gasteiger partial charge is 0.486 e. The van der Waals surface area contributed by atoms with Crippen LogP contribution in [0.2, 0.25) is 0 Å². The molecule has 0 saturated carbocycles. The van der Waals surface area contributed by atoms with E-state index >= 15 is 0 Å². The van der Waals surface area contributed by atoms with Crippen molar-refractivity contribution < 1.29 is 37.4 Å². The molecule has 2 N–H and O–H groups in total. The summed E-state index contributed by atoms with van der Waals surface area (Å²) in [6, 6.07) is 0. The lowest BCUT2D eigenvalue weighted by atomic mass is 10.1. The molecule has 0 radical (unpaired) electrons. The minimum Gasteiger partial charge on any atom is -0.486 e. The highest BCUT2D eigenvalue weighted by Crippen LogP contribution is 2.57. The topological polar surface area (TPSA) is 159 Å². The van der Waals surface area contributed by atoms with E-state index in [2.05, 4.69) is 21.5 Å². The van der Waals surface area contributed by atoms with Crippen molar-refractivity contribution in [2.75, 3.05) is 38.8 Å². The van der Waals surface area contributed by atoms with Gasteiger partial charge in [0.15, 0.2) is 11.2 Å². The van der Waals surface area contributed by atoms with Gasteiger partial charge in [0.25, 0.3) is 0 Å². The van der Waals surface area contributed by atoms with Crippen LogP contribution in [-0.2, 0) is 39.3 Å². The number of nitrogens with zero attached hydrogens (tertiary/aromatic N) is 4. The smallest absolute Gasteiger partial charge is 0.395 e. The molecule has 1 atom stereocenters. The Hall–Kier alpha value is -2.73. The van der Waals surface area contributed by atoms with Crippen molar-refractivity contribution in [1.82, 2.24) is 19.5 Å². The van der Waals surface area contributed by atoms with E-state index in [1.165, 1.54) is 6.33 Å². The first-order valence-electron chi connectivity index (χ1n) is 10.9. The highest BCUT2D eigenvalue weighted by atomic mass is 31.2. The number of aromatic nitrogens is 4. The zero-order chi connectivity index (χ0) is 24.7. The number of nitrogen functional groups attached to an aromatic ring is 1. The highest BCUT2D eigenvalue weighted by Gasteiger charge is 2.37. The number of carbonyl (C=O) groups excluding carboxylic acids is 1. The Morgan fingerprint density at radius 2 is 2.03 bits per heavy atom. The van der Waals surface area contributed by atoms with Crippen molar-refractivity contribution in [2.24, 2.45) is 5.92 Å². The van der Waals surface area contributed by atoms with Crippen LogP contribution >= 0.6 is 7.60 Å². The van der Waals surface area contributed by atoms with Crippen molar-refractivity contribution >= 4 is 30.7 Å². The number of hydrogen-bond acceptors (Lipinski definition) is 12. The van der Waals surface area contributed by atoms with Gasteiger partial charge in [-0.3, -0.25) is 13.9 Å². The Labute approximate surface area is 197 Å². The number of esters is 1. The van der Waals surface area contributed by atoms with Crippen LogP contribution in [0.1, 0.15) is 27.2 Å². The first-order valence-corrected chi connectivity index (χ1v) is 12.4. The Kier molecular flexibility index (Phi) is 8.84. The lowest BCUT2D eigenvalue weighted by molar-refractivity contribution is -0.147. The monoisotopic (exact) mass is 499 g/mol. The first-order chi connectivity index (χ1) is 16.3. The number of fused-ring (bicyclic) bond motifs is 1. The molecule has 1 aliphatic heterocycles. The van der Waals surface area contributed by atoms with Crippen molar-refractivity contribution in [3.05, 3.63) is 18.4 Å². The molecule has 1 aliphatic rings. The van der Waals surface area contributed by atoms with Gasteiger partial charge in [-0.2, -0.15) is 9.97 Å². The van der Waals surface area contributed by atoms with Crippen LogP contribution in [-0.4, -0.2) is 64.6 Å². The maximum Gasteiger partial charge on any atom is 0.395 e. The molecule has 0 amide bonds. The van der Waals surface area contributed by atoms with E-state index < -0.39 is 13.7 Å². The van der Waals surface area contributed by atoms with E-state index in [4.69, 9.17) is 33.7 Å². The van der Waals surface area contributed by atoms with E-state index in [1.807, 2.05) is 6.92 Å². The minimum atomic E-state index is -3.67. The molecule has 0 bridgehead atoms. The predicted molar refractivity (Wildman–Crippen MR) is 121 cm³/mol. The molecule has 14 heteroatoms. The number of anilines is 1. The molecular weight excluding hydrogens is 469 g/mol. The first kappa shape index (κ1) is 25.9. The Balaban J connectivity index is 1.48. The van der Waals surface area contributed by atoms with Crippen LogP contribution in [0, 0.1) is 5.92 Å². The SMILES string of the molecule is C=C(OCC[C@H](C)C(=O)OCC)P1(=O)OCC(OCn2cnc3c(OCC)nc(N)nc32)CO1. The summed E-state index contributed by atoms with van der Waals surface area (Å²) < 4.78 is 46.9. The second kappa shape index (κ2) is 11.6. The van der Waals surface area contributed by atoms with Crippen LogP contribution in [0.5, 0.6) is 5.88 Å². The molecule has 3 rings (SSSR count). The fraction of sp³-hybridized carbons (Fsp3) is 0.600.